The van der Waals surface area contributed by atoms with E-state index in [4.69, 9.17) is 5.26 Å². The average molecular weight is 305 g/mol. The molecule has 0 bridgehead atoms. The molecule has 1 aromatic heterocycles. The molecule has 0 saturated heterocycles. The molecule has 2 rings (SSSR count). The molecule has 2 aromatic rings. The first-order chi connectivity index (χ1) is 8.54. The van der Waals surface area contributed by atoms with Crippen LogP contribution in [-0.2, 0) is 7.05 Å². The van der Waals surface area contributed by atoms with Gasteiger partial charge in [-0.2, -0.15) is 5.26 Å². The van der Waals surface area contributed by atoms with Crippen molar-refractivity contribution in [3.05, 3.63) is 34.6 Å². The second-order valence-electron chi connectivity index (χ2n) is 4.19. The van der Waals surface area contributed by atoms with Gasteiger partial charge in [0.25, 0.3) is 0 Å². The number of imidazole rings is 1. The number of anilines is 1. The monoisotopic (exact) mass is 304 g/mol. The van der Waals surface area contributed by atoms with Crippen molar-refractivity contribution in [2.75, 3.05) is 19.0 Å². The van der Waals surface area contributed by atoms with Gasteiger partial charge in [0.05, 0.1) is 0 Å². The second-order valence-corrected chi connectivity index (χ2v) is 4.94. The fourth-order valence-corrected chi connectivity index (χ4v) is 2.06. The van der Waals surface area contributed by atoms with Crippen molar-refractivity contribution >= 4 is 21.6 Å². The molecule has 0 fully saturated rings. The minimum absolute atomic E-state index is 0.407. The smallest absolute Gasteiger partial charge is 0.173 e. The molecule has 1 heterocycles. The molecule has 18 heavy (non-hydrogen) atoms. The third-order valence-corrected chi connectivity index (χ3v) is 3.68. The lowest BCUT2D eigenvalue weighted by molar-refractivity contribution is 0.901. The summed E-state index contributed by atoms with van der Waals surface area (Å²) in [6.07, 6.45) is 0. The molecular weight excluding hydrogens is 292 g/mol. The SMILES string of the molecule is CN(C)c1ccc(-c2nc(C#N)c(Br)n2C)cc1. The number of nitriles is 1. The molecule has 1 aromatic carbocycles. The number of benzene rings is 1. The number of rotatable bonds is 2. The van der Waals surface area contributed by atoms with Gasteiger partial charge in [0.1, 0.15) is 16.5 Å². The molecule has 0 aliphatic heterocycles. The predicted molar refractivity (Wildman–Crippen MR) is 75.4 cm³/mol. The van der Waals surface area contributed by atoms with Crippen molar-refractivity contribution < 1.29 is 0 Å². The standard InChI is InChI=1S/C13H13BrN4/c1-17(2)10-6-4-9(5-7-10)13-16-11(8-15)12(14)18(13)3/h4-7H,1-3H3. The van der Waals surface area contributed by atoms with Gasteiger partial charge in [-0.15, -0.1) is 0 Å². The Morgan fingerprint density at radius 1 is 1.28 bits per heavy atom. The first-order valence-electron chi connectivity index (χ1n) is 5.44. The molecule has 0 amide bonds. The van der Waals surface area contributed by atoms with E-state index >= 15 is 0 Å². The molecule has 0 atom stereocenters. The van der Waals surface area contributed by atoms with Gasteiger partial charge in [0.2, 0.25) is 0 Å². The van der Waals surface area contributed by atoms with Crippen LogP contribution in [0.2, 0.25) is 0 Å². The zero-order valence-corrected chi connectivity index (χ0v) is 12.1. The number of nitrogens with zero attached hydrogens (tertiary/aromatic N) is 4. The highest BCUT2D eigenvalue weighted by molar-refractivity contribution is 9.10. The molecule has 92 valence electrons. The lowest BCUT2D eigenvalue weighted by Gasteiger charge is -2.12. The van der Waals surface area contributed by atoms with E-state index in [1.54, 1.807) is 0 Å². The van der Waals surface area contributed by atoms with Gasteiger partial charge in [-0.3, -0.25) is 0 Å². The molecular formula is C13H13BrN4. The largest absolute Gasteiger partial charge is 0.378 e. The Morgan fingerprint density at radius 3 is 2.33 bits per heavy atom. The highest BCUT2D eigenvalue weighted by atomic mass is 79.9. The van der Waals surface area contributed by atoms with Gasteiger partial charge in [-0.1, -0.05) is 0 Å². The van der Waals surface area contributed by atoms with E-state index in [9.17, 15) is 0 Å². The maximum atomic E-state index is 8.96. The Balaban J connectivity index is 2.47. The molecule has 0 aliphatic carbocycles. The molecule has 0 saturated carbocycles. The highest BCUT2D eigenvalue weighted by Gasteiger charge is 2.13. The zero-order valence-electron chi connectivity index (χ0n) is 10.5. The molecule has 0 N–H and O–H groups in total. The molecule has 0 aliphatic rings. The van der Waals surface area contributed by atoms with Crippen LogP contribution in [0.4, 0.5) is 5.69 Å². The minimum Gasteiger partial charge on any atom is -0.378 e. The van der Waals surface area contributed by atoms with Crippen LogP contribution in [0.3, 0.4) is 0 Å². The second kappa shape index (κ2) is 4.83. The van der Waals surface area contributed by atoms with Gasteiger partial charge in [-0.05, 0) is 40.2 Å². The van der Waals surface area contributed by atoms with Crippen LogP contribution in [0.15, 0.2) is 28.9 Å². The van der Waals surface area contributed by atoms with E-state index in [2.05, 4.69) is 27.0 Å². The van der Waals surface area contributed by atoms with Crippen molar-refractivity contribution in [1.82, 2.24) is 9.55 Å². The third kappa shape index (κ3) is 2.12. The van der Waals surface area contributed by atoms with Crippen LogP contribution in [0.25, 0.3) is 11.4 Å². The Kier molecular flexibility index (Phi) is 3.39. The van der Waals surface area contributed by atoms with E-state index in [-0.39, 0.29) is 0 Å². The average Bonchev–Trinajstić information content (AvgIpc) is 2.66. The van der Waals surface area contributed by atoms with Gasteiger partial charge < -0.3 is 9.47 Å². The van der Waals surface area contributed by atoms with Gasteiger partial charge in [0.15, 0.2) is 5.69 Å². The van der Waals surface area contributed by atoms with E-state index < -0.39 is 0 Å². The summed E-state index contributed by atoms with van der Waals surface area (Å²) in [6, 6.07) is 10.1. The Morgan fingerprint density at radius 2 is 1.89 bits per heavy atom. The van der Waals surface area contributed by atoms with Crippen molar-refractivity contribution in [2.45, 2.75) is 0 Å². The summed E-state index contributed by atoms with van der Waals surface area (Å²) in [6.45, 7) is 0. The van der Waals surface area contributed by atoms with E-state index in [0.29, 0.717) is 10.3 Å². The minimum atomic E-state index is 0.407. The summed E-state index contributed by atoms with van der Waals surface area (Å²) in [7, 11) is 5.88. The highest BCUT2D eigenvalue weighted by Crippen LogP contribution is 2.26. The van der Waals surface area contributed by atoms with Gasteiger partial charge >= 0.3 is 0 Å². The molecule has 5 heteroatoms. The summed E-state index contributed by atoms with van der Waals surface area (Å²) in [4.78, 5) is 6.35. The van der Waals surface area contributed by atoms with E-state index in [0.717, 1.165) is 17.1 Å². The van der Waals surface area contributed by atoms with Crippen LogP contribution in [-0.4, -0.2) is 23.6 Å². The van der Waals surface area contributed by atoms with E-state index in [1.165, 1.54) is 0 Å². The summed E-state index contributed by atoms with van der Waals surface area (Å²) < 4.78 is 2.57. The Labute approximate surface area is 115 Å². The first kappa shape index (κ1) is 12.7. The van der Waals surface area contributed by atoms with Crippen molar-refractivity contribution in [1.29, 1.82) is 5.26 Å². The number of hydrogen-bond acceptors (Lipinski definition) is 3. The lowest BCUT2D eigenvalue weighted by atomic mass is 10.2. The van der Waals surface area contributed by atoms with Gasteiger partial charge in [0, 0.05) is 32.4 Å². The number of hydrogen-bond donors (Lipinski definition) is 0. The fraction of sp³-hybridized carbons (Fsp3) is 0.231. The van der Waals surface area contributed by atoms with E-state index in [1.807, 2.05) is 54.9 Å². The first-order valence-corrected chi connectivity index (χ1v) is 6.24. The summed E-state index contributed by atoms with van der Waals surface area (Å²) in [5.74, 6) is 0.781. The fourth-order valence-electron chi connectivity index (χ4n) is 1.72. The molecule has 0 unspecified atom stereocenters. The summed E-state index contributed by atoms with van der Waals surface area (Å²) >= 11 is 3.37. The quantitative estimate of drug-likeness (QED) is 0.857. The molecule has 0 spiro atoms. The van der Waals surface area contributed by atoms with Crippen LogP contribution < -0.4 is 4.90 Å². The zero-order chi connectivity index (χ0) is 13.3. The van der Waals surface area contributed by atoms with Crippen LogP contribution >= 0.6 is 15.9 Å². The van der Waals surface area contributed by atoms with Crippen molar-refractivity contribution in [3.63, 3.8) is 0 Å². The molecule has 0 radical (unpaired) electrons. The van der Waals surface area contributed by atoms with Crippen LogP contribution in [0.5, 0.6) is 0 Å². The van der Waals surface area contributed by atoms with Crippen molar-refractivity contribution in [2.24, 2.45) is 7.05 Å². The van der Waals surface area contributed by atoms with Gasteiger partial charge in [-0.25, -0.2) is 4.98 Å². The predicted octanol–water partition coefficient (Wildman–Crippen LogP) is 2.79. The normalized spacial score (nSPS) is 10.2. The van der Waals surface area contributed by atoms with Crippen LogP contribution in [0.1, 0.15) is 5.69 Å². The maximum Gasteiger partial charge on any atom is 0.173 e. The Hall–Kier alpha value is -1.80. The number of halogens is 1. The number of aromatic nitrogens is 2. The Bertz CT molecular complexity index is 605. The summed E-state index contributed by atoms with van der Waals surface area (Å²) in [5.41, 5.74) is 2.53. The summed E-state index contributed by atoms with van der Waals surface area (Å²) in [5, 5.41) is 8.96. The maximum absolute atomic E-state index is 8.96. The topological polar surface area (TPSA) is 44.9 Å². The van der Waals surface area contributed by atoms with Crippen molar-refractivity contribution in [3.8, 4) is 17.5 Å². The van der Waals surface area contributed by atoms with Crippen LogP contribution in [0, 0.1) is 11.3 Å². The molecule has 4 nitrogen and oxygen atoms in total. The third-order valence-electron chi connectivity index (χ3n) is 2.77. The lowest BCUT2D eigenvalue weighted by Crippen LogP contribution is -2.08.